The predicted molar refractivity (Wildman–Crippen MR) is 87.1 cm³/mol. The maximum absolute atomic E-state index is 4.83. The highest BCUT2D eigenvalue weighted by Gasteiger charge is 2.17. The summed E-state index contributed by atoms with van der Waals surface area (Å²) in [6.07, 6.45) is 6.70. The van der Waals surface area contributed by atoms with Crippen molar-refractivity contribution in [2.24, 2.45) is 0 Å². The largest absolute Gasteiger partial charge is 0.370 e. The van der Waals surface area contributed by atoms with E-state index >= 15 is 0 Å². The van der Waals surface area contributed by atoms with Crippen LogP contribution in [0.1, 0.15) is 54.0 Å². The van der Waals surface area contributed by atoms with Crippen molar-refractivity contribution >= 4 is 17.2 Å². The molecule has 4 nitrogen and oxygen atoms in total. The molecule has 5 heteroatoms. The molecule has 0 saturated heterocycles. The molecule has 1 N–H and O–H groups in total. The van der Waals surface area contributed by atoms with E-state index in [1.54, 1.807) is 11.3 Å². The lowest BCUT2D eigenvalue weighted by molar-refractivity contribution is 0.708. The van der Waals surface area contributed by atoms with Crippen molar-refractivity contribution in [3.63, 3.8) is 0 Å². The number of aromatic nitrogens is 3. The lowest BCUT2D eigenvalue weighted by atomic mass is 10.1. The molecule has 0 spiro atoms. The van der Waals surface area contributed by atoms with Crippen LogP contribution in [-0.4, -0.2) is 21.5 Å². The number of nitrogens with one attached hydrogen (secondary N) is 1. The zero-order chi connectivity index (χ0) is 14.7. The van der Waals surface area contributed by atoms with Gasteiger partial charge in [0.05, 0.1) is 17.1 Å². The summed E-state index contributed by atoms with van der Waals surface area (Å²) in [5.74, 6) is 1.95. The first-order valence-corrected chi connectivity index (χ1v) is 8.67. The molecule has 0 bridgehead atoms. The van der Waals surface area contributed by atoms with Crippen LogP contribution in [0.4, 0.5) is 5.82 Å². The normalized spacial score (nSPS) is 14.6. The zero-order valence-electron chi connectivity index (χ0n) is 12.8. The molecule has 0 saturated carbocycles. The van der Waals surface area contributed by atoms with Crippen molar-refractivity contribution in [3.8, 4) is 0 Å². The Kier molecular flexibility index (Phi) is 4.48. The summed E-state index contributed by atoms with van der Waals surface area (Å²) in [5, 5.41) is 6.64. The average molecular weight is 302 g/mol. The Labute approximate surface area is 130 Å². The third-order valence-electron chi connectivity index (χ3n) is 3.83. The molecule has 112 valence electrons. The van der Waals surface area contributed by atoms with Crippen molar-refractivity contribution in [1.29, 1.82) is 0 Å². The number of hydrogen-bond acceptors (Lipinski definition) is 5. The monoisotopic (exact) mass is 302 g/mol. The second-order valence-electron chi connectivity index (χ2n) is 5.54. The Morgan fingerprint density at radius 1 is 1.14 bits per heavy atom. The van der Waals surface area contributed by atoms with Crippen LogP contribution in [0.3, 0.4) is 0 Å². The van der Waals surface area contributed by atoms with Crippen LogP contribution in [0, 0.1) is 6.92 Å². The molecule has 0 aromatic carbocycles. The van der Waals surface area contributed by atoms with Crippen molar-refractivity contribution in [1.82, 2.24) is 15.0 Å². The standard InChI is InChI=1S/C16H22N4S/c1-3-17-16-13-7-5-4-6-8-14(13)19-15(20-16)9-12-10-21-11(2)18-12/h10H,3-9H2,1-2H3,(H,17,19,20). The van der Waals surface area contributed by atoms with Crippen molar-refractivity contribution in [2.75, 3.05) is 11.9 Å². The summed E-state index contributed by atoms with van der Waals surface area (Å²) in [6.45, 7) is 5.06. The molecule has 0 aliphatic heterocycles. The Morgan fingerprint density at radius 2 is 2.00 bits per heavy atom. The van der Waals surface area contributed by atoms with Crippen molar-refractivity contribution < 1.29 is 0 Å². The summed E-state index contributed by atoms with van der Waals surface area (Å²) in [4.78, 5) is 14.1. The van der Waals surface area contributed by atoms with E-state index in [9.17, 15) is 0 Å². The van der Waals surface area contributed by atoms with Gasteiger partial charge in [0.2, 0.25) is 0 Å². The minimum absolute atomic E-state index is 0.732. The van der Waals surface area contributed by atoms with Crippen LogP contribution in [0.2, 0.25) is 0 Å². The first-order chi connectivity index (χ1) is 10.3. The fourth-order valence-corrected chi connectivity index (χ4v) is 3.48. The van der Waals surface area contributed by atoms with Crippen molar-refractivity contribution in [2.45, 2.75) is 52.4 Å². The number of fused-ring (bicyclic) bond motifs is 1. The number of hydrogen-bond donors (Lipinski definition) is 1. The number of nitrogens with zero attached hydrogens (tertiary/aromatic N) is 3. The van der Waals surface area contributed by atoms with Crippen LogP contribution < -0.4 is 5.32 Å². The van der Waals surface area contributed by atoms with E-state index in [1.165, 1.54) is 30.5 Å². The molecule has 1 aliphatic rings. The summed E-state index contributed by atoms with van der Waals surface area (Å²) >= 11 is 1.69. The molecule has 2 aromatic rings. The van der Waals surface area contributed by atoms with Gasteiger partial charge in [0.15, 0.2) is 0 Å². The molecule has 2 heterocycles. The Morgan fingerprint density at radius 3 is 2.76 bits per heavy atom. The van der Waals surface area contributed by atoms with Gasteiger partial charge in [0.25, 0.3) is 0 Å². The molecule has 1 aliphatic carbocycles. The van der Waals surface area contributed by atoms with E-state index < -0.39 is 0 Å². The van der Waals surface area contributed by atoms with Gasteiger partial charge in [-0.2, -0.15) is 0 Å². The van der Waals surface area contributed by atoms with Gasteiger partial charge < -0.3 is 5.32 Å². The summed E-state index contributed by atoms with van der Waals surface area (Å²) < 4.78 is 0. The second kappa shape index (κ2) is 6.52. The number of anilines is 1. The number of rotatable bonds is 4. The van der Waals surface area contributed by atoms with E-state index in [4.69, 9.17) is 9.97 Å². The third-order valence-corrected chi connectivity index (χ3v) is 4.65. The average Bonchev–Trinajstić information content (AvgIpc) is 2.73. The molecule has 3 rings (SSSR count). The molecule has 0 amide bonds. The van der Waals surface area contributed by atoms with Gasteiger partial charge in [-0.15, -0.1) is 11.3 Å². The summed E-state index contributed by atoms with van der Waals surface area (Å²) in [6, 6.07) is 0. The van der Waals surface area contributed by atoms with E-state index in [-0.39, 0.29) is 0 Å². The van der Waals surface area contributed by atoms with Gasteiger partial charge >= 0.3 is 0 Å². The van der Waals surface area contributed by atoms with Crippen LogP contribution >= 0.6 is 11.3 Å². The fraction of sp³-hybridized carbons (Fsp3) is 0.562. The minimum atomic E-state index is 0.732. The molecular weight excluding hydrogens is 280 g/mol. The Balaban J connectivity index is 1.93. The topological polar surface area (TPSA) is 50.7 Å². The third kappa shape index (κ3) is 3.40. The maximum atomic E-state index is 4.83. The second-order valence-corrected chi connectivity index (χ2v) is 6.60. The SMILES string of the molecule is CCNc1nc(Cc2csc(C)n2)nc2c1CCCCC2. The van der Waals surface area contributed by atoms with E-state index in [0.717, 1.165) is 48.2 Å². The fourth-order valence-electron chi connectivity index (χ4n) is 2.87. The highest BCUT2D eigenvalue weighted by molar-refractivity contribution is 7.09. The van der Waals surface area contributed by atoms with Crippen LogP contribution in [0.15, 0.2) is 5.38 Å². The lowest BCUT2D eigenvalue weighted by Crippen LogP contribution is -2.11. The molecule has 2 aromatic heterocycles. The number of thiazole rings is 1. The van der Waals surface area contributed by atoms with Gasteiger partial charge in [-0.3, -0.25) is 0 Å². The van der Waals surface area contributed by atoms with Gasteiger partial charge in [-0.25, -0.2) is 15.0 Å². The van der Waals surface area contributed by atoms with Crippen molar-refractivity contribution in [3.05, 3.63) is 33.2 Å². The van der Waals surface area contributed by atoms with Gasteiger partial charge in [-0.1, -0.05) is 6.42 Å². The first-order valence-electron chi connectivity index (χ1n) is 7.80. The number of aryl methyl sites for hydroxylation is 2. The Hall–Kier alpha value is -1.49. The van der Waals surface area contributed by atoms with E-state index in [0.29, 0.717) is 0 Å². The molecule has 21 heavy (non-hydrogen) atoms. The highest BCUT2D eigenvalue weighted by atomic mass is 32.1. The smallest absolute Gasteiger partial charge is 0.137 e. The van der Waals surface area contributed by atoms with Gasteiger partial charge in [-0.05, 0) is 39.5 Å². The quantitative estimate of drug-likeness (QED) is 0.878. The van der Waals surface area contributed by atoms with Gasteiger partial charge in [0, 0.05) is 23.2 Å². The molecule has 0 fully saturated rings. The maximum Gasteiger partial charge on any atom is 0.137 e. The van der Waals surface area contributed by atoms with E-state index in [2.05, 4.69) is 22.6 Å². The van der Waals surface area contributed by atoms with Crippen LogP contribution in [0.25, 0.3) is 0 Å². The van der Waals surface area contributed by atoms with Crippen LogP contribution in [-0.2, 0) is 19.3 Å². The zero-order valence-corrected chi connectivity index (χ0v) is 13.6. The highest BCUT2D eigenvalue weighted by Crippen LogP contribution is 2.25. The van der Waals surface area contributed by atoms with Gasteiger partial charge in [0.1, 0.15) is 11.6 Å². The molecule has 0 radical (unpaired) electrons. The summed E-state index contributed by atoms with van der Waals surface area (Å²) in [7, 11) is 0. The minimum Gasteiger partial charge on any atom is -0.370 e. The molecule has 0 atom stereocenters. The summed E-state index contributed by atoms with van der Waals surface area (Å²) in [5.41, 5.74) is 3.67. The Bertz CT molecular complexity index is 621. The predicted octanol–water partition coefficient (Wildman–Crippen LogP) is 3.53. The molecular formula is C16H22N4S. The molecule has 0 unspecified atom stereocenters. The first kappa shape index (κ1) is 14.4. The van der Waals surface area contributed by atoms with E-state index in [1.807, 2.05) is 6.92 Å². The van der Waals surface area contributed by atoms with Crippen LogP contribution in [0.5, 0.6) is 0 Å². The lowest BCUT2D eigenvalue weighted by Gasteiger charge is -2.13.